The summed E-state index contributed by atoms with van der Waals surface area (Å²) in [7, 11) is 1.64. The fourth-order valence-electron chi connectivity index (χ4n) is 2.96. The molecule has 0 unspecified atom stereocenters. The minimum Gasteiger partial charge on any atom is -0.371 e. The van der Waals surface area contributed by atoms with Crippen LogP contribution in [-0.4, -0.2) is 43.4 Å². The molecule has 2 aromatic rings. The van der Waals surface area contributed by atoms with Gasteiger partial charge in [0.05, 0.1) is 15.2 Å². The summed E-state index contributed by atoms with van der Waals surface area (Å²) in [5.41, 5.74) is 3.27. The van der Waals surface area contributed by atoms with Crippen LogP contribution in [0.25, 0.3) is 0 Å². The molecule has 3 rings (SSSR count). The Hall–Kier alpha value is -1.86. The predicted molar refractivity (Wildman–Crippen MR) is 106 cm³/mol. The summed E-state index contributed by atoms with van der Waals surface area (Å²) < 4.78 is 0.896. The lowest BCUT2D eigenvalue weighted by atomic mass is 10.1. The third kappa shape index (κ3) is 4.04. The van der Waals surface area contributed by atoms with Gasteiger partial charge in [-0.25, -0.2) is 0 Å². The number of amides is 2. The number of carbonyl (C=O) groups is 2. The lowest BCUT2D eigenvalue weighted by Crippen LogP contribution is -2.34. The second-order valence-electron chi connectivity index (χ2n) is 5.99. The molecule has 7 heteroatoms. The molecule has 1 aromatic heterocycles. The van der Waals surface area contributed by atoms with Crippen LogP contribution in [0.15, 0.2) is 34.1 Å². The van der Waals surface area contributed by atoms with E-state index in [1.54, 1.807) is 13.1 Å². The first-order valence-electron chi connectivity index (χ1n) is 8.16. The van der Waals surface area contributed by atoms with Gasteiger partial charge >= 0.3 is 0 Å². The average Bonchev–Trinajstić information content (AvgIpc) is 3.19. The smallest absolute Gasteiger partial charge is 0.264 e. The molecule has 25 heavy (non-hydrogen) atoms. The molecule has 5 nitrogen and oxygen atoms in total. The van der Waals surface area contributed by atoms with E-state index in [1.807, 2.05) is 18.2 Å². The monoisotopic (exact) mass is 421 g/mol. The van der Waals surface area contributed by atoms with Crippen LogP contribution in [0.2, 0.25) is 0 Å². The van der Waals surface area contributed by atoms with E-state index >= 15 is 0 Å². The molecule has 132 valence electrons. The molecule has 1 aliphatic heterocycles. The number of benzene rings is 1. The number of thiophene rings is 1. The molecule has 0 aliphatic carbocycles. The normalized spacial score (nSPS) is 12.8. The van der Waals surface area contributed by atoms with Gasteiger partial charge in [0, 0.05) is 31.5 Å². The van der Waals surface area contributed by atoms with Crippen LogP contribution in [0.5, 0.6) is 0 Å². The lowest BCUT2D eigenvalue weighted by Gasteiger charge is -2.18. The van der Waals surface area contributed by atoms with Gasteiger partial charge in [-0.3, -0.25) is 9.59 Å². The number of halogens is 1. The largest absolute Gasteiger partial charge is 0.371 e. The van der Waals surface area contributed by atoms with E-state index in [9.17, 15) is 9.59 Å². The van der Waals surface area contributed by atoms with Crippen LogP contribution in [0.1, 0.15) is 22.2 Å². The number of rotatable bonds is 5. The Kier molecular flexibility index (Phi) is 5.44. The van der Waals surface area contributed by atoms with Crippen LogP contribution in [0.4, 0.5) is 11.4 Å². The van der Waals surface area contributed by atoms with Crippen molar-refractivity contribution in [2.24, 2.45) is 0 Å². The van der Waals surface area contributed by atoms with Gasteiger partial charge in [-0.2, -0.15) is 0 Å². The van der Waals surface area contributed by atoms with Gasteiger partial charge in [0.1, 0.15) is 0 Å². The van der Waals surface area contributed by atoms with Crippen molar-refractivity contribution in [2.45, 2.75) is 13.3 Å². The Morgan fingerprint density at radius 2 is 2.12 bits per heavy atom. The molecule has 0 fully saturated rings. The van der Waals surface area contributed by atoms with E-state index in [0.29, 0.717) is 4.88 Å². The van der Waals surface area contributed by atoms with Crippen molar-refractivity contribution in [3.8, 4) is 0 Å². The first kappa shape index (κ1) is 17.9. The van der Waals surface area contributed by atoms with Gasteiger partial charge < -0.3 is 15.1 Å². The first-order chi connectivity index (χ1) is 12.0. The summed E-state index contributed by atoms with van der Waals surface area (Å²) in [5.74, 6) is -0.357. The highest BCUT2D eigenvalue weighted by Gasteiger charge is 2.19. The molecule has 1 aromatic carbocycles. The highest BCUT2D eigenvalue weighted by Crippen LogP contribution is 2.30. The average molecular weight is 422 g/mol. The molecule has 0 bridgehead atoms. The van der Waals surface area contributed by atoms with Crippen molar-refractivity contribution < 1.29 is 9.59 Å². The van der Waals surface area contributed by atoms with Crippen LogP contribution in [-0.2, 0) is 11.2 Å². The Balaban J connectivity index is 1.62. The second kappa shape index (κ2) is 7.58. The molecule has 2 amide bonds. The van der Waals surface area contributed by atoms with Crippen LogP contribution in [0.3, 0.4) is 0 Å². The van der Waals surface area contributed by atoms with Crippen LogP contribution >= 0.6 is 27.3 Å². The van der Waals surface area contributed by atoms with Gasteiger partial charge in [-0.05, 0) is 59.1 Å². The fourth-order valence-corrected chi connectivity index (χ4v) is 4.34. The summed E-state index contributed by atoms with van der Waals surface area (Å²) in [4.78, 5) is 28.9. The van der Waals surface area contributed by atoms with Crippen LogP contribution < -0.4 is 10.2 Å². The molecular weight excluding hydrogens is 402 g/mol. The van der Waals surface area contributed by atoms with Crippen LogP contribution in [0, 0.1) is 0 Å². The minimum atomic E-state index is -0.201. The zero-order chi connectivity index (χ0) is 18.0. The summed E-state index contributed by atoms with van der Waals surface area (Å²) in [6, 6.07) is 9.59. The number of nitrogens with zero attached hydrogens (tertiary/aromatic N) is 2. The van der Waals surface area contributed by atoms with Crippen molar-refractivity contribution in [3.05, 3.63) is 44.6 Å². The summed E-state index contributed by atoms with van der Waals surface area (Å²) in [6.07, 6.45) is 1.05. The van der Waals surface area contributed by atoms with Crippen molar-refractivity contribution in [3.63, 3.8) is 0 Å². The molecule has 0 saturated carbocycles. The van der Waals surface area contributed by atoms with Crippen molar-refractivity contribution in [2.75, 3.05) is 36.9 Å². The molecule has 2 heterocycles. The first-order valence-corrected chi connectivity index (χ1v) is 9.77. The van der Waals surface area contributed by atoms with Gasteiger partial charge in [-0.1, -0.05) is 6.07 Å². The van der Waals surface area contributed by atoms with Gasteiger partial charge in [0.25, 0.3) is 5.91 Å². The Morgan fingerprint density at radius 1 is 1.32 bits per heavy atom. The standard InChI is InChI=1S/C18H20BrN3O2S/c1-3-22-9-8-12-4-5-13(10-14(12)22)20-17(23)11-21(2)18(24)15-6-7-16(19)25-15/h4-7,10H,3,8-9,11H2,1-2H3,(H,20,23). The molecular formula is C18H20BrN3O2S. The molecule has 0 radical (unpaired) electrons. The zero-order valence-electron chi connectivity index (χ0n) is 14.2. The molecule has 0 spiro atoms. The minimum absolute atomic E-state index is 0.0168. The molecule has 1 aliphatic rings. The molecule has 0 saturated heterocycles. The molecule has 0 atom stereocenters. The number of hydrogen-bond donors (Lipinski definition) is 1. The summed E-state index contributed by atoms with van der Waals surface area (Å²) in [6.45, 7) is 4.13. The maximum absolute atomic E-state index is 12.3. The Bertz CT molecular complexity index is 805. The quantitative estimate of drug-likeness (QED) is 0.801. The van der Waals surface area contributed by atoms with Gasteiger partial charge in [0.15, 0.2) is 0 Å². The third-order valence-corrected chi connectivity index (χ3v) is 5.87. The number of carbonyl (C=O) groups excluding carboxylic acids is 2. The molecule has 1 N–H and O–H groups in total. The highest BCUT2D eigenvalue weighted by atomic mass is 79.9. The van der Waals surface area contributed by atoms with E-state index < -0.39 is 0 Å². The predicted octanol–water partition coefficient (Wildman–Crippen LogP) is 3.60. The number of fused-ring (bicyclic) bond motifs is 1. The zero-order valence-corrected chi connectivity index (χ0v) is 16.6. The second-order valence-corrected chi connectivity index (χ2v) is 8.45. The topological polar surface area (TPSA) is 52.7 Å². The SMILES string of the molecule is CCN1CCc2ccc(NC(=O)CN(C)C(=O)c3ccc(Br)s3)cc21. The number of likely N-dealkylation sites (N-methyl/N-ethyl adjacent to an activating group) is 2. The van der Waals surface area contributed by atoms with E-state index in [2.05, 4.69) is 39.1 Å². The summed E-state index contributed by atoms with van der Waals surface area (Å²) in [5, 5.41) is 2.89. The fraction of sp³-hybridized carbons (Fsp3) is 0.333. The van der Waals surface area contributed by atoms with Gasteiger partial charge in [-0.15, -0.1) is 11.3 Å². The van der Waals surface area contributed by atoms with Crippen molar-refractivity contribution >= 4 is 50.5 Å². The summed E-state index contributed by atoms with van der Waals surface area (Å²) >= 11 is 4.70. The Morgan fingerprint density at radius 3 is 2.80 bits per heavy atom. The van der Waals surface area contributed by atoms with E-state index in [0.717, 1.165) is 29.0 Å². The number of nitrogens with one attached hydrogen (secondary N) is 1. The van der Waals surface area contributed by atoms with Gasteiger partial charge in [0.2, 0.25) is 5.91 Å². The van der Waals surface area contributed by atoms with E-state index in [-0.39, 0.29) is 18.4 Å². The number of anilines is 2. The van der Waals surface area contributed by atoms with Crippen molar-refractivity contribution in [1.82, 2.24) is 4.90 Å². The Labute approximate surface area is 159 Å². The lowest BCUT2D eigenvalue weighted by molar-refractivity contribution is -0.116. The third-order valence-electron chi connectivity index (χ3n) is 4.25. The number of hydrogen-bond acceptors (Lipinski definition) is 4. The maximum Gasteiger partial charge on any atom is 0.264 e. The highest BCUT2D eigenvalue weighted by molar-refractivity contribution is 9.11. The van der Waals surface area contributed by atoms with E-state index in [1.165, 1.54) is 27.5 Å². The van der Waals surface area contributed by atoms with E-state index in [4.69, 9.17) is 0 Å². The van der Waals surface area contributed by atoms with Crippen molar-refractivity contribution in [1.29, 1.82) is 0 Å². The maximum atomic E-state index is 12.3.